The van der Waals surface area contributed by atoms with Crippen LogP contribution in [-0.2, 0) is 13.0 Å². The molecule has 1 atom stereocenters. The van der Waals surface area contributed by atoms with Crippen LogP contribution in [-0.4, -0.2) is 55.8 Å². The molecular weight excluding hydrogens is 449 g/mol. The summed E-state index contributed by atoms with van der Waals surface area (Å²) >= 11 is 0. The summed E-state index contributed by atoms with van der Waals surface area (Å²) in [4.78, 5) is 33.1. The van der Waals surface area contributed by atoms with E-state index in [1.54, 1.807) is 12.3 Å². The number of hydrogen-bond acceptors (Lipinski definition) is 5. The highest BCUT2D eigenvalue weighted by atomic mass is 19.4. The molecule has 0 aliphatic carbocycles. The Balaban J connectivity index is 1.42. The van der Waals surface area contributed by atoms with Crippen molar-refractivity contribution in [2.75, 3.05) is 24.5 Å². The number of piperidine rings is 1. The van der Waals surface area contributed by atoms with Gasteiger partial charge in [0.05, 0.1) is 11.5 Å². The second-order valence-corrected chi connectivity index (χ2v) is 8.81. The molecule has 1 amide bonds. The Morgan fingerprint density at radius 1 is 1.21 bits per heavy atom. The van der Waals surface area contributed by atoms with E-state index in [1.807, 2.05) is 24.0 Å². The molecule has 5 heterocycles. The maximum Gasteiger partial charge on any atom is 0.393 e. The molecule has 3 aromatic rings. The summed E-state index contributed by atoms with van der Waals surface area (Å²) in [7, 11) is 0. The molecule has 5 rings (SSSR count). The minimum absolute atomic E-state index is 0.0532. The summed E-state index contributed by atoms with van der Waals surface area (Å²) in [5.41, 5.74) is 2.35. The van der Waals surface area contributed by atoms with Crippen molar-refractivity contribution in [3.05, 3.63) is 52.2 Å². The number of rotatable bonds is 3. The molecule has 11 heteroatoms. The van der Waals surface area contributed by atoms with Gasteiger partial charge in [-0.2, -0.15) is 13.2 Å². The number of amides is 1. The van der Waals surface area contributed by atoms with Gasteiger partial charge in [0.25, 0.3) is 5.91 Å². The third-order valence-electron chi connectivity index (χ3n) is 6.62. The number of likely N-dealkylation sites (tertiary alicyclic amines) is 1. The van der Waals surface area contributed by atoms with E-state index in [0.717, 1.165) is 24.1 Å². The summed E-state index contributed by atoms with van der Waals surface area (Å²) in [6.45, 7) is 3.04. The Bertz CT molecular complexity index is 1300. The van der Waals surface area contributed by atoms with Crippen molar-refractivity contribution in [2.24, 2.45) is 5.92 Å². The predicted octanol–water partition coefficient (Wildman–Crippen LogP) is 3.41. The average Bonchev–Trinajstić information content (AvgIpc) is 3.17. The molecule has 0 spiro atoms. The number of aryl methyl sites for hydroxylation is 2. The second kappa shape index (κ2) is 8.44. The van der Waals surface area contributed by atoms with Crippen LogP contribution in [0.25, 0.3) is 5.65 Å². The maximum atomic E-state index is 13.2. The van der Waals surface area contributed by atoms with Gasteiger partial charge in [-0.1, -0.05) is 0 Å². The van der Waals surface area contributed by atoms with E-state index in [4.69, 9.17) is 0 Å². The number of carbonyl (C=O) groups excluding carboxylic acids is 1. The fourth-order valence-electron chi connectivity index (χ4n) is 4.82. The molecule has 0 saturated carbocycles. The molecule has 3 aromatic heterocycles. The summed E-state index contributed by atoms with van der Waals surface area (Å²) < 4.78 is 42.4. The minimum atomic E-state index is -4.30. The van der Waals surface area contributed by atoms with E-state index < -0.39 is 18.0 Å². The third kappa shape index (κ3) is 3.92. The zero-order valence-corrected chi connectivity index (χ0v) is 18.8. The molecule has 180 valence electrons. The highest BCUT2D eigenvalue weighted by Gasteiger charge is 2.42. The minimum Gasteiger partial charge on any atom is -0.338 e. The van der Waals surface area contributed by atoms with E-state index in [9.17, 15) is 22.8 Å². The van der Waals surface area contributed by atoms with Gasteiger partial charge in [0, 0.05) is 50.3 Å². The van der Waals surface area contributed by atoms with Crippen molar-refractivity contribution in [3.63, 3.8) is 0 Å². The molecule has 1 fully saturated rings. The zero-order chi connectivity index (χ0) is 24.0. The first-order valence-corrected chi connectivity index (χ1v) is 11.5. The monoisotopic (exact) mass is 474 g/mol. The molecule has 0 aromatic carbocycles. The fourth-order valence-corrected chi connectivity index (χ4v) is 4.82. The van der Waals surface area contributed by atoms with Crippen LogP contribution in [0.1, 0.15) is 42.1 Å². The first-order valence-electron chi connectivity index (χ1n) is 11.5. The molecule has 2 aliphatic heterocycles. The third-order valence-corrected chi connectivity index (χ3v) is 6.62. The highest BCUT2D eigenvalue weighted by molar-refractivity contribution is 5.94. The lowest BCUT2D eigenvalue weighted by Crippen LogP contribution is -2.44. The van der Waals surface area contributed by atoms with Gasteiger partial charge in [0.15, 0.2) is 5.65 Å². The summed E-state index contributed by atoms with van der Waals surface area (Å²) in [5, 5.41) is 4.34. The highest BCUT2D eigenvalue weighted by Crippen LogP contribution is 2.35. The summed E-state index contributed by atoms with van der Waals surface area (Å²) in [5.74, 6) is -1.19. The van der Waals surface area contributed by atoms with Crippen molar-refractivity contribution >= 4 is 23.1 Å². The van der Waals surface area contributed by atoms with Crippen molar-refractivity contribution in [3.8, 4) is 0 Å². The van der Waals surface area contributed by atoms with Crippen LogP contribution in [0.3, 0.4) is 0 Å². The van der Waals surface area contributed by atoms with Gasteiger partial charge in [-0.3, -0.25) is 9.20 Å². The number of halogens is 3. The number of pyridine rings is 2. The fraction of sp³-hybridized carbons (Fsp3) is 0.478. The summed E-state index contributed by atoms with van der Waals surface area (Å²) in [6.07, 6.45) is 0.772. The summed E-state index contributed by atoms with van der Waals surface area (Å²) in [6, 6.07) is 5.41. The smallest absolute Gasteiger partial charge is 0.338 e. The molecule has 2 aliphatic rings. The van der Waals surface area contributed by atoms with Gasteiger partial charge >= 0.3 is 11.9 Å². The van der Waals surface area contributed by atoms with Gasteiger partial charge in [-0.15, -0.1) is 5.10 Å². The van der Waals surface area contributed by atoms with Crippen molar-refractivity contribution < 1.29 is 18.0 Å². The van der Waals surface area contributed by atoms with Crippen LogP contribution < -0.4 is 10.6 Å². The maximum absolute atomic E-state index is 13.2. The van der Waals surface area contributed by atoms with Gasteiger partial charge in [-0.25, -0.2) is 14.5 Å². The Morgan fingerprint density at radius 2 is 2.03 bits per heavy atom. The molecule has 0 unspecified atom stereocenters. The molecule has 0 bridgehead atoms. The molecule has 1 saturated heterocycles. The van der Waals surface area contributed by atoms with Crippen LogP contribution in [0, 0.1) is 5.92 Å². The molecule has 34 heavy (non-hydrogen) atoms. The van der Waals surface area contributed by atoms with E-state index in [-0.39, 0.29) is 18.7 Å². The Labute approximate surface area is 193 Å². The number of fused-ring (bicyclic) bond motifs is 2. The number of anilines is 2. The number of aromatic nitrogens is 4. The van der Waals surface area contributed by atoms with Crippen LogP contribution in [0.4, 0.5) is 24.7 Å². The SMILES string of the molecule is CCn1nc2cc(N3CCCc4cc(C(=O)N5CCC[C@@H](C(F)(F)F)C5)cnc43)ccn2c1=O. The van der Waals surface area contributed by atoms with Gasteiger partial charge in [0.1, 0.15) is 5.82 Å². The lowest BCUT2D eigenvalue weighted by atomic mass is 9.96. The van der Waals surface area contributed by atoms with Crippen molar-refractivity contribution in [1.29, 1.82) is 0 Å². The van der Waals surface area contributed by atoms with Crippen LogP contribution in [0.5, 0.6) is 0 Å². The second-order valence-electron chi connectivity index (χ2n) is 8.81. The van der Waals surface area contributed by atoms with Crippen LogP contribution >= 0.6 is 0 Å². The lowest BCUT2D eigenvalue weighted by Gasteiger charge is -2.34. The number of nitrogens with zero attached hydrogens (tertiary/aromatic N) is 6. The zero-order valence-electron chi connectivity index (χ0n) is 18.8. The topological polar surface area (TPSA) is 75.7 Å². The molecule has 0 radical (unpaired) electrons. The van der Waals surface area contributed by atoms with Gasteiger partial charge < -0.3 is 9.80 Å². The molecule has 0 N–H and O–H groups in total. The predicted molar refractivity (Wildman–Crippen MR) is 119 cm³/mol. The number of alkyl halides is 3. The first kappa shape index (κ1) is 22.4. The standard InChI is InChI=1S/C23H25F3N6O2/c1-2-32-22(34)31-10-7-18(12-19(31)28-32)30-9-3-5-15-11-16(13-27-20(15)30)21(33)29-8-4-6-17(14-29)23(24,25)26/h7,10-13,17H,2-6,8-9,14H2,1H3/t17-/m1/s1. The van der Waals surface area contributed by atoms with Gasteiger partial charge in [-0.05, 0) is 50.3 Å². The largest absolute Gasteiger partial charge is 0.393 e. The number of carbonyl (C=O) groups is 1. The molecule has 8 nitrogen and oxygen atoms in total. The Hall–Kier alpha value is -3.37. The van der Waals surface area contributed by atoms with E-state index in [2.05, 4.69) is 10.1 Å². The molecular formula is C23H25F3N6O2. The Morgan fingerprint density at radius 3 is 2.79 bits per heavy atom. The lowest BCUT2D eigenvalue weighted by molar-refractivity contribution is -0.184. The van der Waals surface area contributed by atoms with Crippen molar-refractivity contribution in [1.82, 2.24) is 24.1 Å². The Kier molecular flexibility index (Phi) is 5.57. The van der Waals surface area contributed by atoms with Crippen LogP contribution in [0.2, 0.25) is 0 Å². The van der Waals surface area contributed by atoms with E-state index in [1.165, 1.54) is 20.2 Å². The quantitative estimate of drug-likeness (QED) is 0.582. The average molecular weight is 474 g/mol. The van der Waals surface area contributed by atoms with E-state index in [0.29, 0.717) is 43.1 Å². The normalized spacial score (nSPS) is 18.9. The van der Waals surface area contributed by atoms with Crippen LogP contribution in [0.15, 0.2) is 35.4 Å². The van der Waals surface area contributed by atoms with Gasteiger partial charge in [0.2, 0.25) is 0 Å². The van der Waals surface area contributed by atoms with E-state index >= 15 is 0 Å². The van der Waals surface area contributed by atoms with Crippen molar-refractivity contribution in [2.45, 2.75) is 45.3 Å². The first-order chi connectivity index (χ1) is 16.3. The number of hydrogen-bond donors (Lipinski definition) is 0.